The van der Waals surface area contributed by atoms with Gasteiger partial charge >= 0.3 is 0 Å². The topological polar surface area (TPSA) is 57.8 Å². The Labute approximate surface area is 112 Å². The van der Waals surface area contributed by atoms with E-state index in [1.165, 1.54) is 4.90 Å². The van der Waals surface area contributed by atoms with E-state index in [4.69, 9.17) is 0 Å². The number of likely N-dealkylation sites (N-methyl/N-ethyl adjacent to an activating group) is 1. The average molecular weight is 261 g/mol. The zero-order chi connectivity index (χ0) is 14.0. The third-order valence-corrected chi connectivity index (χ3v) is 2.80. The van der Waals surface area contributed by atoms with Gasteiger partial charge in [-0.15, -0.1) is 0 Å². The summed E-state index contributed by atoms with van der Waals surface area (Å²) in [6, 6.07) is 5.73. The maximum atomic E-state index is 12.0. The van der Waals surface area contributed by atoms with E-state index in [1.54, 1.807) is 20.9 Å². The number of pyridine rings is 1. The van der Waals surface area contributed by atoms with Gasteiger partial charge in [0.25, 0.3) is 0 Å². The molecule has 0 aliphatic rings. The molecule has 5 heteroatoms. The molecular weight excluding hydrogens is 242 g/mol. The summed E-state index contributed by atoms with van der Waals surface area (Å²) in [5.74, 6) is -0.0504. The highest BCUT2D eigenvalue weighted by Crippen LogP contribution is 2.08. The van der Waals surface area contributed by atoms with Crippen molar-refractivity contribution in [3.8, 4) is 0 Å². The van der Waals surface area contributed by atoms with Gasteiger partial charge in [-0.2, -0.15) is 0 Å². The molecule has 19 heavy (non-hydrogen) atoms. The number of fused-ring (bicyclic) bond motifs is 1. The van der Waals surface area contributed by atoms with Crippen molar-refractivity contribution in [2.24, 2.45) is 0 Å². The number of aliphatic hydroxyl groups is 1. The van der Waals surface area contributed by atoms with Crippen molar-refractivity contribution in [3.05, 3.63) is 36.3 Å². The molecule has 0 fully saturated rings. The second-order valence-corrected chi connectivity index (χ2v) is 5.44. The number of hydrogen-bond acceptors (Lipinski definition) is 3. The van der Waals surface area contributed by atoms with Crippen LogP contribution in [0.25, 0.3) is 5.65 Å². The molecule has 1 amide bonds. The number of carbonyl (C=O) groups is 1. The monoisotopic (exact) mass is 261 g/mol. The lowest BCUT2D eigenvalue weighted by molar-refractivity contribution is -0.131. The Hall–Kier alpha value is -1.88. The van der Waals surface area contributed by atoms with E-state index in [-0.39, 0.29) is 12.3 Å². The largest absolute Gasteiger partial charge is 0.389 e. The van der Waals surface area contributed by atoms with E-state index < -0.39 is 5.60 Å². The Bertz CT molecular complexity index is 551. The zero-order valence-corrected chi connectivity index (χ0v) is 11.5. The summed E-state index contributed by atoms with van der Waals surface area (Å²) in [5.41, 5.74) is 0.679. The van der Waals surface area contributed by atoms with Crippen LogP contribution >= 0.6 is 0 Å². The van der Waals surface area contributed by atoms with Crippen molar-refractivity contribution in [1.82, 2.24) is 14.3 Å². The van der Waals surface area contributed by atoms with Crippen molar-refractivity contribution in [2.45, 2.75) is 25.9 Å². The van der Waals surface area contributed by atoms with Crippen LogP contribution in [0.15, 0.2) is 30.6 Å². The standard InChI is InChI=1S/C14H19N3O2/c1-14(2,19)10-16(3)13(18)8-11-9-17-7-5-4-6-12(17)15-11/h4-7,9,19H,8,10H2,1-3H3. The van der Waals surface area contributed by atoms with Crippen molar-refractivity contribution in [3.63, 3.8) is 0 Å². The first-order valence-electron chi connectivity index (χ1n) is 6.24. The first-order valence-corrected chi connectivity index (χ1v) is 6.24. The van der Waals surface area contributed by atoms with Gasteiger partial charge in [-0.05, 0) is 26.0 Å². The van der Waals surface area contributed by atoms with E-state index in [0.717, 1.165) is 11.3 Å². The van der Waals surface area contributed by atoms with Gasteiger partial charge in [0.05, 0.1) is 17.7 Å². The zero-order valence-electron chi connectivity index (χ0n) is 11.5. The van der Waals surface area contributed by atoms with E-state index in [2.05, 4.69) is 4.98 Å². The number of rotatable bonds is 4. The number of aromatic nitrogens is 2. The van der Waals surface area contributed by atoms with Crippen molar-refractivity contribution < 1.29 is 9.90 Å². The number of hydrogen-bond donors (Lipinski definition) is 1. The summed E-state index contributed by atoms with van der Waals surface area (Å²) in [4.78, 5) is 17.9. The molecule has 0 bridgehead atoms. The van der Waals surface area contributed by atoms with Crippen molar-refractivity contribution >= 4 is 11.6 Å². The Balaban J connectivity index is 2.06. The van der Waals surface area contributed by atoms with Gasteiger partial charge in [-0.25, -0.2) is 4.98 Å². The highest BCUT2D eigenvalue weighted by molar-refractivity contribution is 5.78. The fourth-order valence-electron chi connectivity index (χ4n) is 2.03. The fourth-order valence-corrected chi connectivity index (χ4v) is 2.03. The first-order chi connectivity index (χ1) is 8.85. The lowest BCUT2D eigenvalue weighted by atomic mass is 10.1. The predicted octanol–water partition coefficient (Wildman–Crippen LogP) is 1.11. The molecule has 0 aliphatic heterocycles. The summed E-state index contributed by atoms with van der Waals surface area (Å²) >= 11 is 0. The molecule has 0 aromatic carbocycles. The van der Waals surface area contributed by atoms with Gasteiger partial charge in [0.1, 0.15) is 5.65 Å². The van der Waals surface area contributed by atoms with Gasteiger partial charge in [-0.3, -0.25) is 4.79 Å². The molecule has 2 heterocycles. The molecule has 2 aromatic rings. The Morgan fingerprint density at radius 3 is 2.84 bits per heavy atom. The molecule has 0 saturated heterocycles. The van der Waals surface area contributed by atoms with Crippen LogP contribution in [0.5, 0.6) is 0 Å². The number of nitrogens with zero attached hydrogens (tertiary/aromatic N) is 3. The number of carbonyl (C=O) groups excluding carboxylic acids is 1. The van der Waals surface area contributed by atoms with E-state index >= 15 is 0 Å². The molecule has 0 saturated carbocycles. The minimum atomic E-state index is -0.886. The molecule has 0 aliphatic carbocycles. The fraction of sp³-hybridized carbons (Fsp3) is 0.429. The average Bonchev–Trinajstić information content (AvgIpc) is 2.68. The maximum absolute atomic E-state index is 12.0. The summed E-state index contributed by atoms with van der Waals surface area (Å²) in [6.45, 7) is 3.67. The predicted molar refractivity (Wildman–Crippen MR) is 72.8 cm³/mol. The maximum Gasteiger partial charge on any atom is 0.228 e. The normalized spacial score (nSPS) is 11.8. The van der Waals surface area contributed by atoms with Crippen molar-refractivity contribution in [2.75, 3.05) is 13.6 Å². The van der Waals surface area contributed by atoms with Gasteiger partial charge in [-0.1, -0.05) is 6.07 Å². The van der Waals surface area contributed by atoms with E-state index in [0.29, 0.717) is 6.54 Å². The molecule has 102 valence electrons. The smallest absolute Gasteiger partial charge is 0.228 e. The van der Waals surface area contributed by atoms with Gasteiger partial charge in [0.2, 0.25) is 5.91 Å². The summed E-state index contributed by atoms with van der Waals surface area (Å²) in [5, 5.41) is 9.70. The SMILES string of the molecule is CN(CC(C)(C)O)C(=O)Cc1cn2ccccc2n1. The third kappa shape index (κ3) is 3.54. The Morgan fingerprint density at radius 1 is 1.47 bits per heavy atom. The molecule has 0 radical (unpaired) electrons. The van der Waals surface area contributed by atoms with Crippen molar-refractivity contribution in [1.29, 1.82) is 0 Å². The Morgan fingerprint density at radius 2 is 2.21 bits per heavy atom. The van der Waals surface area contributed by atoms with Crippen LogP contribution in [0.2, 0.25) is 0 Å². The highest BCUT2D eigenvalue weighted by Gasteiger charge is 2.20. The summed E-state index contributed by atoms with van der Waals surface area (Å²) < 4.78 is 1.89. The molecule has 0 atom stereocenters. The van der Waals surface area contributed by atoms with Crippen LogP contribution in [-0.4, -0.2) is 44.5 Å². The minimum Gasteiger partial charge on any atom is -0.389 e. The minimum absolute atomic E-state index is 0.0504. The van der Waals surface area contributed by atoms with Crippen LogP contribution in [-0.2, 0) is 11.2 Å². The quantitative estimate of drug-likeness (QED) is 0.897. The highest BCUT2D eigenvalue weighted by atomic mass is 16.3. The molecule has 0 unspecified atom stereocenters. The van der Waals surface area contributed by atoms with Crippen LogP contribution < -0.4 is 0 Å². The Kier molecular flexibility index (Phi) is 3.57. The van der Waals surface area contributed by atoms with Gasteiger partial charge in [0.15, 0.2) is 0 Å². The number of imidazole rings is 1. The molecule has 0 spiro atoms. The van der Waals surface area contributed by atoms with E-state index in [1.807, 2.05) is 35.0 Å². The van der Waals surface area contributed by atoms with Crippen LogP contribution in [0.3, 0.4) is 0 Å². The number of amides is 1. The van der Waals surface area contributed by atoms with E-state index in [9.17, 15) is 9.90 Å². The van der Waals surface area contributed by atoms with Crippen LogP contribution in [0.1, 0.15) is 19.5 Å². The summed E-state index contributed by atoms with van der Waals surface area (Å²) in [7, 11) is 1.69. The molecule has 2 rings (SSSR count). The lowest BCUT2D eigenvalue weighted by Crippen LogP contribution is -2.40. The van der Waals surface area contributed by atoms with Crippen LogP contribution in [0, 0.1) is 0 Å². The molecule has 5 nitrogen and oxygen atoms in total. The lowest BCUT2D eigenvalue weighted by Gasteiger charge is -2.25. The third-order valence-electron chi connectivity index (χ3n) is 2.80. The second-order valence-electron chi connectivity index (χ2n) is 5.44. The van der Waals surface area contributed by atoms with Gasteiger partial charge < -0.3 is 14.4 Å². The summed E-state index contributed by atoms with van der Waals surface area (Å²) in [6.07, 6.45) is 4.00. The van der Waals surface area contributed by atoms with Crippen LogP contribution in [0.4, 0.5) is 0 Å². The first kappa shape index (κ1) is 13.5. The molecule has 2 aromatic heterocycles. The molecular formula is C14H19N3O2. The van der Waals surface area contributed by atoms with Gasteiger partial charge in [0, 0.05) is 26.0 Å². The second kappa shape index (κ2) is 5.01. The molecule has 1 N–H and O–H groups in total.